The van der Waals surface area contributed by atoms with Crippen molar-refractivity contribution < 1.29 is 13.6 Å². The van der Waals surface area contributed by atoms with Crippen molar-refractivity contribution in [3.8, 4) is 0 Å². The number of carbonyl (C=O) groups is 1. The summed E-state index contributed by atoms with van der Waals surface area (Å²) < 4.78 is 27.4. The molecule has 1 atom stereocenters. The van der Waals surface area contributed by atoms with Gasteiger partial charge in [-0.2, -0.15) is 0 Å². The van der Waals surface area contributed by atoms with Gasteiger partial charge in [0, 0.05) is 18.0 Å². The average Bonchev–Trinajstić information content (AvgIpc) is 2.43. The average molecular weight is 325 g/mol. The third-order valence-electron chi connectivity index (χ3n) is 4.28. The van der Waals surface area contributed by atoms with Gasteiger partial charge >= 0.3 is 0 Å². The van der Waals surface area contributed by atoms with E-state index in [4.69, 9.17) is 0 Å². The third kappa shape index (κ3) is 5.29. The van der Waals surface area contributed by atoms with Gasteiger partial charge in [-0.25, -0.2) is 8.78 Å². The number of rotatable bonds is 7. The molecule has 1 rings (SSSR count). The molecule has 0 aliphatic carbocycles. The molecular weight excluding hydrogens is 296 g/mol. The van der Waals surface area contributed by atoms with Crippen LogP contribution in [0.1, 0.15) is 54.4 Å². The zero-order chi connectivity index (χ0) is 17.8. The van der Waals surface area contributed by atoms with Gasteiger partial charge in [-0.15, -0.1) is 0 Å². The Morgan fingerprint density at radius 3 is 2.30 bits per heavy atom. The lowest BCUT2D eigenvalue weighted by Gasteiger charge is -2.33. The maximum Gasteiger partial charge on any atom is 0.232 e. The first-order chi connectivity index (χ1) is 10.6. The van der Waals surface area contributed by atoms with Gasteiger partial charge in [-0.3, -0.25) is 4.79 Å². The molecule has 0 aliphatic heterocycles. The SMILES string of the molecule is CCC(C)(C)C(=O)N(CC(C)CC(C)C)c1ccc(F)cc1F. The van der Waals surface area contributed by atoms with E-state index in [0.29, 0.717) is 18.9 Å². The first-order valence-corrected chi connectivity index (χ1v) is 8.35. The Morgan fingerprint density at radius 1 is 1.22 bits per heavy atom. The van der Waals surface area contributed by atoms with E-state index in [-0.39, 0.29) is 17.5 Å². The third-order valence-corrected chi connectivity index (χ3v) is 4.28. The topological polar surface area (TPSA) is 20.3 Å². The van der Waals surface area contributed by atoms with Crippen LogP contribution in [0.5, 0.6) is 0 Å². The van der Waals surface area contributed by atoms with Gasteiger partial charge in [0.1, 0.15) is 11.6 Å². The summed E-state index contributed by atoms with van der Waals surface area (Å²) in [5, 5.41) is 0. The van der Waals surface area contributed by atoms with Gasteiger partial charge in [0.05, 0.1) is 5.69 Å². The first kappa shape index (κ1) is 19.6. The van der Waals surface area contributed by atoms with Crippen molar-refractivity contribution in [2.75, 3.05) is 11.4 Å². The normalized spacial score (nSPS) is 13.3. The summed E-state index contributed by atoms with van der Waals surface area (Å²) in [7, 11) is 0. The van der Waals surface area contributed by atoms with Gasteiger partial charge < -0.3 is 4.90 Å². The van der Waals surface area contributed by atoms with Crippen LogP contribution in [-0.2, 0) is 4.79 Å². The lowest BCUT2D eigenvalue weighted by atomic mass is 9.87. The van der Waals surface area contributed by atoms with Gasteiger partial charge in [-0.1, -0.05) is 41.5 Å². The Morgan fingerprint density at radius 2 is 1.83 bits per heavy atom. The molecule has 23 heavy (non-hydrogen) atoms. The molecule has 130 valence electrons. The summed E-state index contributed by atoms with van der Waals surface area (Å²) in [5.74, 6) is -0.720. The number of benzene rings is 1. The van der Waals surface area contributed by atoms with E-state index in [1.807, 2.05) is 20.8 Å². The molecule has 1 unspecified atom stereocenters. The maximum absolute atomic E-state index is 14.2. The van der Waals surface area contributed by atoms with Crippen LogP contribution in [0, 0.1) is 28.9 Å². The summed E-state index contributed by atoms with van der Waals surface area (Å²) in [6.07, 6.45) is 1.60. The second-order valence-corrected chi connectivity index (χ2v) is 7.48. The number of carbonyl (C=O) groups excluding carboxylic acids is 1. The fourth-order valence-corrected chi connectivity index (χ4v) is 2.70. The van der Waals surface area contributed by atoms with E-state index in [1.54, 1.807) is 0 Å². The van der Waals surface area contributed by atoms with Gasteiger partial charge in [0.15, 0.2) is 0 Å². The number of halogens is 2. The van der Waals surface area contributed by atoms with Crippen LogP contribution in [0.3, 0.4) is 0 Å². The van der Waals surface area contributed by atoms with Crippen molar-refractivity contribution >= 4 is 11.6 Å². The minimum Gasteiger partial charge on any atom is -0.309 e. The fourth-order valence-electron chi connectivity index (χ4n) is 2.70. The minimum atomic E-state index is -0.693. The zero-order valence-electron chi connectivity index (χ0n) is 15.1. The van der Waals surface area contributed by atoms with Crippen molar-refractivity contribution in [2.45, 2.75) is 54.4 Å². The highest BCUT2D eigenvalue weighted by atomic mass is 19.1. The molecule has 0 N–H and O–H groups in total. The highest BCUT2D eigenvalue weighted by Crippen LogP contribution is 2.30. The number of hydrogen-bond acceptors (Lipinski definition) is 1. The zero-order valence-corrected chi connectivity index (χ0v) is 15.1. The van der Waals surface area contributed by atoms with Crippen molar-refractivity contribution in [3.05, 3.63) is 29.8 Å². The second kappa shape index (κ2) is 7.89. The van der Waals surface area contributed by atoms with Crippen molar-refractivity contribution in [2.24, 2.45) is 17.3 Å². The molecule has 0 fully saturated rings. The van der Waals surface area contributed by atoms with E-state index < -0.39 is 17.0 Å². The predicted molar refractivity (Wildman–Crippen MR) is 91.4 cm³/mol. The smallest absolute Gasteiger partial charge is 0.232 e. The first-order valence-electron chi connectivity index (χ1n) is 8.35. The highest BCUT2D eigenvalue weighted by molar-refractivity contribution is 5.97. The van der Waals surface area contributed by atoms with E-state index in [0.717, 1.165) is 12.5 Å². The monoisotopic (exact) mass is 325 g/mol. The summed E-state index contributed by atoms with van der Waals surface area (Å²) in [6, 6.07) is 3.39. The van der Waals surface area contributed by atoms with Crippen LogP contribution < -0.4 is 4.90 Å². The van der Waals surface area contributed by atoms with Crippen LogP contribution >= 0.6 is 0 Å². The highest BCUT2D eigenvalue weighted by Gasteiger charge is 2.33. The molecule has 4 heteroatoms. The standard InChI is InChI=1S/C19H29F2NO/c1-7-19(5,6)18(23)22(12-14(4)10-13(2)3)17-9-8-15(20)11-16(17)21/h8-9,11,13-14H,7,10,12H2,1-6H3. The molecule has 0 saturated heterocycles. The van der Waals surface area contributed by atoms with E-state index in [1.165, 1.54) is 17.0 Å². The molecule has 1 aromatic carbocycles. The predicted octanol–water partition coefficient (Wildman–Crippen LogP) is 5.42. The maximum atomic E-state index is 14.2. The Labute approximate surface area is 138 Å². The van der Waals surface area contributed by atoms with Crippen LogP contribution in [0.4, 0.5) is 14.5 Å². The number of anilines is 1. The molecule has 0 aromatic heterocycles. The number of amides is 1. The number of nitrogens with zero attached hydrogens (tertiary/aromatic N) is 1. The van der Waals surface area contributed by atoms with Crippen LogP contribution in [0.25, 0.3) is 0 Å². The Hall–Kier alpha value is -1.45. The summed E-state index contributed by atoms with van der Waals surface area (Å²) in [4.78, 5) is 14.4. The van der Waals surface area contributed by atoms with Crippen molar-refractivity contribution in [1.29, 1.82) is 0 Å². The molecule has 0 heterocycles. The van der Waals surface area contributed by atoms with Gasteiger partial charge in [-0.05, 0) is 36.8 Å². The molecule has 0 radical (unpaired) electrons. The lowest BCUT2D eigenvalue weighted by Crippen LogP contribution is -2.43. The summed E-state index contributed by atoms with van der Waals surface area (Å²) in [6.45, 7) is 12.4. The van der Waals surface area contributed by atoms with E-state index in [2.05, 4.69) is 20.8 Å². The molecule has 0 spiro atoms. The lowest BCUT2D eigenvalue weighted by molar-refractivity contribution is -0.126. The van der Waals surface area contributed by atoms with Crippen molar-refractivity contribution in [3.63, 3.8) is 0 Å². The number of hydrogen-bond donors (Lipinski definition) is 0. The van der Waals surface area contributed by atoms with Crippen LogP contribution in [0.2, 0.25) is 0 Å². The Balaban J connectivity index is 3.18. The molecule has 0 saturated carbocycles. The van der Waals surface area contributed by atoms with Crippen molar-refractivity contribution in [1.82, 2.24) is 0 Å². The molecule has 2 nitrogen and oxygen atoms in total. The summed E-state index contributed by atoms with van der Waals surface area (Å²) >= 11 is 0. The van der Waals surface area contributed by atoms with Gasteiger partial charge in [0.2, 0.25) is 5.91 Å². The molecule has 1 amide bonds. The largest absolute Gasteiger partial charge is 0.309 e. The Bertz CT molecular complexity index is 540. The van der Waals surface area contributed by atoms with Crippen LogP contribution in [-0.4, -0.2) is 12.5 Å². The Kier molecular flexibility index (Phi) is 6.72. The minimum absolute atomic E-state index is 0.124. The van der Waals surface area contributed by atoms with E-state index >= 15 is 0 Å². The summed E-state index contributed by atoms with van der Waals surface area (Å²) in [5.41, 5.74) is -0.424. The molecule has 0 aliphatic rings. The molecule has 0 bridgehead atoms. The fraction of sp³-hybridized carbons (Fsp3) is 0.632. The van der Waals surface area contributed by atoms with Crippen LogP contribution in [0.15, 0.2) is 18.2 Å². The van der Waals surface area contributed by atoms with Gasteiger partial charge in [0.25, 0.3) is 0 Å². The van der Waals surface area contributed by atoms with E-state index in [9.17, 15) is 13.6 Å². The second-order valence-electron chi connectivity index (χ2n) is 7.48. The quantitative estimate of drug-likeness (QED) is 0.656. The molecular formula is C19H29F2NO. The molecule has 1 aromatic rings.